The maximum absolute atomic E-state index is 6.10. The Hall–Kier alpha value is 0.280. The largest absolute Gasteiger partial charge is 0.0925 e. The highest BCUT2D eigenvalue weighted by Gasteiger charge is 2.38. The molecule has 3 heteroatoms. The molecule has 0 amide bonds. The fourth-order valence-corrected chi connectivity index (χ4v) is 2.77. The smallest absolute Gasteiger partial charge is 0.0627 e. The molecule has 1 fully saturated rings. The van der Waals surface area contributed by atoms with Gasteiger partial charge in [-0.2, -0.15) is 0 Å². The molecule has 1 aromatic carbocycles. The van der Waals surface area contributed by atoms with E-state index < -0.39 is 0 Å². The lowest BCUT2D eigenvalue weighted by molar-refractivity contribution is 0.937. The molecule has 0 radical (unpaired) electrons. The Kier molecular flexibility index (Phi) is 2.87. The number of alkyl halides is 1. The van der Waals surface area contributed by atoms with Crippen LogP contribution >= 0.6 is 39.1 Å². The Balaban J connectivity index is 2.27. The summed E-state index contributed by atoms with van der Waals surface area (Å²) in [5, 5.41) is 2.46. The van der Waals surface area contributed by atoms with Crippen molar-refractivity contribution >= 4 is 39.1 Å². The minimum atomic E-state index is 0.616. The van der Waals surface area contributed by atoms with E-state index in [-0.39, 0.29) is 0 Å². The number of halogens is 3. The van der Waals surface area contributed by atoms with Crippen LogP contribution in [0.15, 0.2) is 18.2 Å². The van der Waals surface area contributed by atoms with Crippen molar-refractivity contribution in [1.82, 2.24) is 0 Å². The third kappa shape index (κ3) is 1.88. The number of benzene rings is 1. The summed E-state index contributed by atoms with van der Waals surface area (Å²) >= 11 is 15.5. The SMILES string of the molecule is Clc1cccc(C2CC2CBr)c1Cl. The molecule has 2 unspecified atom stereocenters. The zero-order chi connectivity index (χ0) is 9.42. The molecule has 1 aromatic rings. The van der Waals surface area contributed by atoms with E-state index in [2.05, 4.69) is 22.0 Å². The maximum Gasteiger partial charge on any atom is 0.0627 e. The quantitative estimate of drug-likeness (QED) is 0.700. The van der Waals surface area contributed by atoms with Crippen molar-refractivity contribution in [3.63, 3.8) is 0 Å². The van der Waals surface area contributed by atoms with Crippen LogP contribution in [0.4, 0.5) is 0 Å². The summed E-state index contributed by atoms with van der Waals surface area (Å²) in [5.41, 5.74) is 1.21. The van der Waals surface area contributed by atoms with E-state index in [1.165, 1.54) is 12.0 Å². The van der Waals surface area contributed by atoms with Gasteiger partial charge in [-0.25, -0.2) is 0 Å². The van der Waals surface area contributed by atoms with Gasteiger partial charge < -0.3 is 0 Å². The molecule has 0 bridgehead atoms. The van der Waals surface area contributed by atoms with Crippen molar-refractivity contribution in [3.8, 4) is 0 Å². The minimum absolute atomic E-state index is 0.616. The molecule has 2 rings (SSSR count). The topological polar surface area (TPSA) is 0 Å². The molecule has 13 heavy (non-hydrogen) atoms. The third-order valence-corrected chi connectivity index (χ3v) is 4.17. The molecule has 1 saturated carbocycles. The lowest BCUT2D eigenvalue weighted by atomic mass is 10.1. The van der Waals surface area contributed by atoms with Gasteiger partial charge in [0.2, 0.25) is 0 Å². The second-order valence-electron chi connectivity index (χ2n) is 3.40. The highest BCUT2D eigenvalue weighted by atomic mass is 79.9. The summed E-state index contributed by atoms with van der Waals surface area (Å²) in [6, 6.07) is 5.87. The van der Waals surface area contributed by atoms with Gasteiger partial charge in [0.05, 0.1) is 10.0 Å². The van der Waals surface area contributed by atoms with Gasteiger partial charge in [0, 0.05) is 5.33 Å². The molecule has 0 aliphatic heterocycles. The minimum Gasteiger partial charge on any atom is -0.0925 e. The van der Waals surface area contributed by atoms with Crippen LogP contribution < -0.4 is 0 Å². The molecule has 0 nitrogen and oxygen atoms in total. The van der Waals surface area contributed by atoms with Gasteiger partial charge in [0.15, 0.2) is 0 Å². The standard InChI is InChI=1S/C10H9BrCl2/c11-5-6-4-8(6)7-2-1-3-9(12)10(7)13/h1-3,6,8H,4-5H2. The first kappa shape index (κ1) is 9.82. The lowest BCUT2D eigenvalue weighted by Gasteiger charge is -2.03. The van der Waals surface area contributed by atoms with Gasteiger partial charge in [-0.05, 0) is 29.9 Å². The fraction of sp³-hybridized carbons (Fsp3) is 0.400. The molecule has 0 heterocycles. The summed E-state index contributed by atoms with van der Waals surface area (Å²) < 4.78 is 0. The van der Waals surface area contributed by atoms with Crippen LogP contribution in [0.5, 0.6) is 0 Å². The molecular weight excluding hydrogens is 271 g/mol. The van der Waals surface area contributed by atoms with Gasteiger partial charge in [-0.15, -0.1) is 0 Å². The fourth-order valence-electron chi connectivity index (χ4n) is 1.61. The van der Waals surface area contributed by atoms with E-state index in [1.807, 2.05) is 12.1 Å². The van der Waals surface area contributed by atoms with E-state index >= 15 is 0 Å². The average molecular weight is 280 g/mol. The second kappa shape index (κ2) is 3.80. The van der Waals surface area contributed by atoms with Crippen molar-refractivity contribution in [1.29, 1.82) is 0 Å². The zero-order valence-electron chi connectivity index (χ0n) is 6.93. The summed E-state index contributed by atoms with van der Waals surface area (Å²) in [4.78, 5) is 0. The Labute approximate surface area is 96.4 Å². The number of rotatable bonds is 2. The molecular formula is C10H9BrCl2. The van der Waals surface area contributed by atoms with Crippen LogP contribution in [-0.4, -0.2) is 5.33 Å². The lowest BCUT2D eigenvalue weighted by Crippen LogP contribution is -1.86. The van der Waals surface area contributed by atoms with Crippen LogP contribution in [0.1, 0.15) is 17.9 Å². The van der Waals surface area contributed by atoms with Gasteiger partial charge in [-0.3, -0.25) is 0 Å². The Morgan fingerprint density at radius 3 is 2.77 bits per heavy atom. The molecule has 0 aromatic heterocycles. The van der Waals surface area contributed by atoms with Crippen molar-refractivity contribution < 1.29 is 0 Å². The number of hydrogen-bond acceptors (Lipinski definition) is 0. The molecule has 2 atom stereocenters. The molecule has 0 N–H and O–H groups in total. The van der Waals surface area contributed by atoms with E-state index in [4.69, 9.17) is 23.2 Å². The Bertz CT molecular complexity index is 325. The molecule has 0 saturated heterocycles. The first-order valence-corrected chi connectivity index (χ1v) is 6.11. The highest BCUT2D eigenvalue weighted by molar-refractivity contribution is 9.09. The van der Waals surface area contributed by atoms with E-state index in [0.29, 0.717) is 10.9 Å². The Morgan fingerprint density at radius 2 is 2.15 bits per heavy atom. The van der Waals surface area contributed by atoms with E-state index in [9.17, 15) is 0 Å². The molecule has 0 spiro atoms. The molecule has 70 valence electrons. The summed E-state index contributed by atoms with van der Waals surface area (Å²) in [6.07, 6.45) is 1.23. The molecule has 1 aliphatic rings. The van der Waals surface area contributed by atoms with Crippen molar-refractivity contribution in [3.05, 3.63) is 33.8 Å². The van der Waals surface area contributed by atoms with Gasteiger partial charge >= 0.3 is 0 Å². The first-order valence-electron chi connectivity index (χ1n) is 4.24. The first-order chi connectivity index (χ1) is 6.24. The predicted octanol–water partition coefficient (Wildman–Crippen LogP) is 4.49. The van der Waals surface area contributed by atoms with Crippen LogP contribution in [0.3, 0.4) is 0 Å². The predicted molar refractivity (Wildman–Crippen MR) is 61.1 cm³/mol. The van der Waals surface area contributed by atoms with Crippen LogP contribution in [0, 0.1) is 5.92 Å². The Morgan fingerprint density at radius 1 is 1.38 bits per heavy atom. The monoisotopic (exact) mass is 278 g/mol. The maximum atomic E-state index is 6.10. The van der Waals surface area contributed by atoms with Gasteiger partial charge in [0.25, 0.3) is 0 Å². The van der Waals surface area contributed by atoms with Crippen LogP contribution in [0.25, 0.3) is 0 Å². The van der Waals surface area contributed by atoms with Crippen LogP contribution in [0.2, 0.25) is 10.0 Å². The van der Waals surface area contributed by atoms with E-state index in [0.717, 1.165) is 16.3 Å². The van der Waals surface area contributed by atoms with Crippen molar-refractivity contribution in [2.24, 2.45) is 5.92 Å². The van der Waals surface area contributed by atoms with Crippen LogP contribution in [-0.2, 0) is 0 Å². The average Bonchev–Trinajstić information content (AvgIpc) is 2.89. The summed E-state index contributed by atoms with van der Waals surface area (Å²) in [6.45, 7) is 0. The second-order valence-corrected chi connectivity index (χ2v) is 4.83. The van der Waals surface area contributed by atoms with Gasteiger partial charge in [-0.1, -0.05) is 51.3 Å². The van der Waals surface area contributed by atoms with Crippen molar-refractivity contribution in [2.45, 2.75) is 12.3 Å². The number of hydrogen-bond donors (Lipinski definition) is 0. The third-order valence-electron chi connectivity index (χ3n) is 2.50. The zero-order valence-corrected chi connectivity index (χ0v) is 10.0. The normalized spacial score (nSPS) is 26.1. The molecule has 1 aliphatic carbocycles. The summed E-state index contributed by atoms with van der Waals surface area (Å²) in [5.74, 6) is 1.36. The van der Waals surface area contributed by atoms with Crippen molar-refractivity contribution in [2.75, 3.05) is 5.33 Å². The summed E-state index contributed by atoms with van der Waals surface area (Å²) in [7, 11) is 0. The highest BCUT2D eigenvalue weighted by Crippen LogP contribution is 2.51. The van der Waals surface area contributed by atoms with E-state index in [1.54, 1.807) is 0 Å². The van der Waals surface area contributed by atoms with Gasteiger partial charge in [0.1, 0.15) is 0 Å².